The van der Waals surface area contributed by atoms with Crippen molar-refractivity contribution >= 4 is 34.3 Å². The zero-order chi connectivity index (χ0) is 16.4. The van der Waals surface area contributed by atoms with Crippen LogP contribution in [0.5, 0.6) is 0 Å². The lowest BCUT2D eigenvalue weighted by molar-refractivity contribution is 0.0959. The average Bonchev–Trinajstić information content (AvgIpc) is 2.94. The number of aromatic amines is 1. The Balaban J connectivity index is 1.98. The minimum Gasteiger partial charge on any atom is -0.373 e. The number of nitrogens with zero attached hydrogens (tertiary/aromatic N) is 1. The van der Waals surface area contributed by atoms with Crippen molar-refractivity contribution in [2.24, 2.45) is 0 Å². The number of fused-ring (bicyclic) bond motifs is 1. The van der Waals surface area contributed by atoms with E-state index in [1.807, 2.05) is 12.3 Å². The quantitative estimate of drug-likeness (QED) is 0.804. The molecule has 0 bridgehead atoms. The van der Waals surface area contributed by atoms with Crippen molar-refractivity contribution in [3.05, 3.63) is 47.0 Å². The average molecular weight is 332 g/mol. The second-order valence-corrected chi connectivity index (χ2v) is 6.03. The van der Waals surface area contributed by atoms with Gasteiger partial charge < -0.3 is 15.6 Å². The van der Waals surface area contributed by atoms with Gasteiger partial charge in [-0.1, -0.05) is 6.08 Å². The van der Waals surface area contributed by atoms with Crippen LogP contribution in [0, 0.1) is 0 Å². The molecule has 0 aromatic carbocycles. The molecule has 23 heavy (non-hydrogen) atoms. The van der Waals surface area contributed by atoms with Crippen LogP contribution in [-0.4, -0.2) is 35.2 Å². The Morgan fingerprint density at radius 1 is 1.52 bits per heavy atom. The van der Waals surface area contributed by atoms with Crippen LogP contribution < -0.4 is 10.6 Å². The second-order valence-electron chi connectivity index (χ2n) is 5.15. The van der Waals surface area contributed by atoms with Crippen LogP contribution in [0.2, 0.25) is 0 Å². The van der Waals surface area contributed by atoms with Gasteiger partial charge in [-0.15, -0.1) is 11.8 Å². The van der Waals surface area contributed by atoms with Gasteiger partial charge >= 0.3 is 0 Å². The zero-order valence-electron chi connectivity index (χ0n) is 12.8. The van der Waals surface area contributed by atoms with E-state index in [0.29, 0.717) is 17.8 Å². The number of rotatable bonds is 4. The fourth-order valence-electron chi connectivity index (χ4n) is 2.57. The van der Waals surface area contributed by atoms with Gasteiger partial charge in [0.05, 0.1) is 17.2 Å². The molecule has 0 radical (unpaired) electrons. The minimum atomic E-state index is -0.492. The number of pyridine rings is 1. The smallest absolute Gasteiger partial charge is 0.269 e. The zero-order valence-corrected chi connectivity index (χ0v) is 13.6. The molecule has 3 N–H and O–H groups in total. The van der Waals surface area contributed by atoms with E-state index in [4.69, 9.17) is 0 Å². The topological polar surface area (TPSA) is 69.8 Å². The van der Waals surface area contributed by atoms with Crippen LogP contribution in [0.25, 0.3) is 10.9 Å². The van der Waals surface area contributed by atoms with Crippen molar-refractivity contribution in [3.8, 4) is 0 Å². The van der Waals surface area contributed by atoms with Crippen molar-refractivity contribution in [1.82, 2.24) is 15.3 Å². The van der Waals surface area contributed by atoms with Crippen molar-refractivity contribution in [1.29, 1.82) is 0 Å². The van der Waals surface area contributed by atoms with Gasteiger partial charge in [0.15, 0.2) is 0 Å². The summed E-state index contributed by atoms with van der Waals surface area (Å²) in [5.74, 6) is -0.498. The van der Waals surface area contributed by atoms with Crippen LogP contribution in [0.4, 0.5) is 10.1 Å². The first-order valence-electron chi connectivity index (χ1n) is 7.19. The summed E-state index contributed by atoms with van der Waals surface area (Å²) in [5.41, 5.74) is 1.73. The van der Waals surface area contributed by atoms with Gasteiger partial charge in [0.2, 0.25) is 0 Å². The van der Waals surface area contributed by atoms with Crippen molar-refractivity contribution in [2.45, 2.75) is 12.5 Å². The molecule has 120 valence electrons. The second kappa shape index (κ2) is 6.45. The Labute approximate surface area is 137 Å². The molecule has 2 heterocycles. The standard InChI is InChI=1S/C16H17FN4OS/c1-18-16(22)15-14(10-8-19-6-5-12(10)20-15)21-13-4-3-9(23-2)7-11(13)17/h3,5-8,13,20-21H,4H2,1-2H3,(H,18,22). The van der Waals surface area contributed by atoms with E-state index >= 15 is 0 Å². The number of carbonyl (C=O) groups excluding carboxylic acids is 1. The lowest BCUT2D eigenvalue weighted by atomic mass is 10.1. The summed E-state index contributed by atoms with van der Waals surface area (Å²) in [4.78, 5) is 20.2. The molecule has 1 unspecified atom stereocenters. The van der Waals surface area contributed by atoms with Crippen molar-refractivity contribution in [3.63, 3.8) is 0 Å². The summed E-state index contributed by atoms with van der Waals surface area (Å²) in [6.45, 7) is 0. The van der Waals surface area contributed by atoms with Crippen molar-refractivity contribution < 1.29 is 9.18 Å². The van der Waals surface area contributed by atoms with E-state index in [0.717, 1.165) is 15.8 Å². The SMILES string of the molecule is CNC(=O)c1[nH]c2ccncc2c1NC1CC=C(SC)C=C1F. The largest absolute Gasteiger partial charge is 0.373 e. The van der Waals surface area contributed by atoms with E-state index in [1.54, 1.807) is 25.5 Å². The van der Waals surface area contributed by atoms with Gasteiger partial charge in [-0.05, 0) is 24.8 Å². The lowest BCUT2D eigenvalue weighted by Crippen LogP contribution is -2.25. The molecule has 0 spiro atoms. The molecule has 1 aliphatic rings. The van der Waals surface area contributed by atoms with E-state index in [-0.39, 0.29) is 11.7 Å². The highest BCUT2D eigenvalue weighted by atomic mass is 32.2. The molecule has 1 atom stereocenters. The Kier molecular flexibility index (Phi) is 4.38. The molecule has 3 rings (SSSR count). The fourth-order valence-corrected chi connectivity index (χ4v) is 3.06. The molecule has 2 aromatic rings. The molecule has 0 saturated carbocycles. The highest BCUT2D eigenvalue weighted by molar-refractivity contribution is 8.02. The minimum absolute atomic E-state index is 0.238. The number of amides is 1. The third kappa shape index (κ3) is 2.96. The van der Waals surface area contributed by atoms with E-state index in [2.05, 4.69) is 20.6 Å². The molecule has 5 nitrogen and oxygen atoms in total. The maximum atomic E-state index is 14.3. The number of H-pyrrole nitrogens is 1. The molecule has 0 saturated heterocycles. The highest BCUT2D eigenvalue weighted by Gasteiger charge is 2.23. The Morgan fingerprint density at radius 3 is 3.04 bits per heavy atom. The van der Waals surface area contributed by atoms with Crippen molar-refractivity contribution in [2.75, 3.05) is 18.6 Å². The third-order valence-corrected chi connectivity index (χ3v) is 4.53. The summed E-state index contributed by atoms with van der Waals surface area (Å²) in [5, 5.41) is 6.51. The Bertz CT molecular complexity index is 812. The lowest BCUT2D eigenvalue weighted by Gasteiger charge is -2.21. The summed E-state index contributed by atoms with van der Waals surface area (Å²) >= 11 is 1.51. The van der Waals surface area contributed by atoms with Gasteiger partial charge in [0.25, 0.3) is 5.91 Å². The first kappa shape index (κ1) is 15.6. The molecular formula is C16H17FN4OS. The molecule has 0 fully saturated rings. The van der Waals surface area contributed by atoms with Crippen LogP contribution in [0.15, 0.2) is 41.3 Å². The molecule has 0 aliphatic heterocycles. The number of hydrogen-bond donors (Lipinski definition) is 3. The molecule has 1 aliphatic carbocycles. The fraction of sp³-hybridized carbons (Fsp3) is 0.250. The first-order chi connectivity index (χ1) is 11.1. The number of thioether (sulfide) groups is 1. The van der Waals surface area contributed by atoms with Gasteiger partial charge in [-0.2, -0.15) is 0 Å². The number of allylic oxidation sites excluding steroid dienone is 1. The summed E-state index contributed by atoms with van der Waals surface area (Å²) in [6, 6.07) is 1.29. The van der Waals surface area contributed by atoms with Gasteiger partial charge in [0.1, 0.15) is 11.5 Å². The van der Waals surface area contributed by atoms with Crippen LogP contribution >= 0.6 is 11.8 Å². The first-order valence-corrected chi connectivity index (χ1v) is 8.42. The maximum absolute atomic E-state index is 14.3. The molecule has 7 heteroatoms. The molecule has 2 aromatic heterocycles. The highest BCUT2D eigenvalue weighted by Crippen LogP contribution is 2.32. The van der Waals surface area contributed by atoms with E-state index in [1.165, 1.54) is 17.8 Å². The summed E-state index contributed by atoms with van der Waals surface area (Å²) in [6.07, 6.45) is 9.26. The summed E-state index contributed by atoms with van der Waals surface area (Å²) < 4.78 is 14.3. The van der Waals surface area contributed by atoms with Crippen LogP contribution in [0.1, 0.15) is 16.9 Å². The summed E-state index contributed by atoms with van der Waals surface area (Å²) in [7, 11) is 1.56. The van der Waals surface area contributed by atoms with Gasteiger partial charge in [0, 0.05) is 29.7 Å². The van der Waals surface area contributed by atoms with E-state index < -0.39 is 6.04 Å². The predicted octanol–water partition coefficient (Wildman–Crippen LogP) is 3.21. The van der Waals surface area contributed by atoms with Crippen LogP contribution in [0.3, 0.4) is 0 Å². The predicted molar refractivity (Wildman–Crippen MR) is 92.3 cm³/mol. The molecule has 1 amide bonds. The normalized spacial score (nSPS) is 17.6. The Hall–Kier alpha value is -2.28. The number of hydrogen-bond acceptors (Lipinski definition) is 4. The maximum Gasteiger partial charge on any atom is 0.269 e. The van der Waals surface area contributed by atoms with Gasteiger partial charge in [-0.3, -0.25) is 9.78 Å². The van der Waals surface area contributed by atoms with Gasteiger partial charge in [-0.25, -0.2) is 4.39 Å². The van der Waals surface area contributed by atoms with E-state index in [9.17, 15) is 9.18 Å². The Morgan fingerprint density at radius 2 is 2.35 bits per heavy atom. The number of nitrogens with one attached hydrogen (secondary N) is 3. The number of halogens is 1. The number of carbonyl (C=O) groups is 1. The molecular weight excluding hydrogens is 315 g/mol. The third-order valence-electron chi connectivity index (χ3n) is 3.78. The number of aromatic nitrogens is 2. The monoisotopic (exact) mass is 332 g/mol. The van der Waals surface area contributed by atoms with Crippen LogP contribution in [-0.2, 0) is 0 Å². The number of anilines is 1.